The van der Waals surface area contributed by atoms with Gasteiger partial charge in [-0.05, 0) is 45.6 Å². The molecule has 2 saturated heterocycles. The van der Waals surface area contributed by atoms with Crippen molar-refractivity contribution in [2.24, 2.45) is 0 Å². The molecule has 0 aromatic heterocycles. The Morgan fingerprint density at radius 3 is 2.34 bits per heavy atom. The van der Waals surface area contributed by atoms with Crippen LogP contribution >= 0.6 is 0 Å². The molecule has 2 aliphatic heterocycles. The van der Waals surface area contributed by atoms with E-state index in [0.29, 0.717) is 31.9 Å². The summed E-state index contributed by atoms with van der Waals surface area (Å²) in [6.07, 6.45) is 5.74. The van der Waals surface area contributed by atoms with E-state index < -0.39 is 20.5 Å². The van der Waals surface area contributed by atoms with Crippen LogP contribution in [0, 0.1) is 10.1 Å². The van der Waals surface area contributed by atoms with Crippen LogP contribution in [-0.4, -0.2) is 55.0 Å². The number of non-ortho nitro benzene ring substituents is 1. The zero-order valence-electron chi connectivity index (χ0n) is 17.1. The number of nitrogens with zero attached hydrogens (tertiary/aromatic N) is 3. The number of nitro benzene ring substituents is 1. The number of hydrogen-bond donors (Lipinski definition) is 0. The molecule has 4 rings (SSSR count). The van der Waals surface area contributed by atoms with Gasteiger partial charge in [-0.3, -0.25) is 10.1 Å². The maximum absolute atomic E-state index is 13.4. The third kappa shape index (κ3) is 3.87. The summed E-state index contributed by atoms with van der Waals surface area (Å²) in [5, 5.41) is 11.4. The fourth-order valence-corrected chi connectivity index (χ4v) is 6.86. The van der Waals surface area contributed by atoms with Crippen LogP contribution in [0.1, 0.15) is 52.4 Å². The molecule has 3 aliphatic rings. The van der Waals surface area contributed by atoms with Crippen LogP contribution in [0.2, 0.25) is 0 Å². The second-order valence-electron chi connectivity index (χ2n) is 9.13. The fraction of sp³-hybridized carbons (Fsp3) is 0.700. The second-order valence-corrected chi connectivity index (χ2v) is 11.0. The summed E-state index contributed by atoms with van der Waals surface area (Å²) >= 11 is 0. The molecule has 0 radical (unpaired) electrons. The van der Waals surface area contributed by atoms with E-state index in [1.807, 2.05) is 13.8 Å². The Hall–Kier alpha value is -1.71. The van der Waals surface area contributed by atoms with Crippen molar-refractivity contribution in [2.45, 2.75) is 68.5 Å². The maximum atomic E-state index is 13.4. The van der Waals surface area contributed by atoms with Crippen molar-refractivity contribution in [3.63, 3.8) is 0 Å². The highest BCUT2D eigenvalue weighted by atomic mass is 32.2. The molecule has 1 spiro atoms. The first-order chi connectivity index (χ1) is 13.6. The Morgan fingerprint density at radius 1 is 1.07 bits per heavy atom. The lowest BCUT2D eigenvalue weighted by Crippen LogP contribution is -2.59. The number of rotatable bonds is 4. The Labute approximate surface area is 172 Å². The van der Waals surface area contributed by atoms with E-state index in [-0.39, 0.29) is 16.2 Å². The summed E-state index contributed by atoms with van der Waals surface area (Å²) in [6.45, 7) is 6.12. The molecule has 0 bridgehead atoms. The normalized spacial score (nSPS) is 24.3. The van der Waals surface area contributed by atoms with Crippen molar-refractivity contribution >= 4 is 21.4 Å². The minimum absolute atomic E-state index is 0.0412. The van der Waals surface area contributed by atoms with Crippen molar-refractivity contribution in [1.29, 1.82) is 0 Å². The molecule has 0 amide bonds. The van der Waals surface area contributed by atoms with E-state index in [4.69, 9.17) is 4.74 Å². The lowest BCUT2D eigenvalue weighted by Gasteiger charge is -2.50. The molecule has 160 valence electrons. The van der Waals surface area contributed by atoms with Crippen LogP contribution in [0.4, 0.5) is 11.4 Å². The molecular formula is C20H29N3O5S. The van der Waals surface area contributed by atoms with E-state index in [9.17, 15) is 18.5 Å². The predicted octanol–water partition coefficient (Wildman–Crippen LogP) is 3.31. The number of hydrogen-bond acceptors (Lipinski definition) is 6. The first-order valence-corrected chi connectivity index (χ1v) is 11.8. The highest BCUT2D eigenvalue weighted by molar-refractivity contribution is 7.89. The van der Waals surface area contributed by atoms with Crippen molar-refractivity contribution in [1.82, 2.24) is 4.31 Å². The van der Waals surface area contributed by atoms with Crippen molar-refractivity contribution in [2.75, 3.05) is 31.1 Å². The Kier molecular flexibility index (Phi) is 5.11. The van der Waals surface area contributed by atoms with Gasteiger partial charge in [-0.15, -0.1) is 0 Å². The minimum Gasteiger partial charge on any atom is -0.365 e. The van der Waals surface area contributed by atoms with E-state index in [2.05, 4.69) is 4.90 Å². The molecule has 0 N–H and O–H groups in total. The lowest BCUT2D eigenvalue weighted by atomic mass is 9.93. The average Bonchev–Trinajstić information content (AvgIpc) is 3.32. The van der Waals surface area contributed by atoms with Crippen molar-refractivity contribution in [3.8, 4) is 0 Å². The smallest absolute Gasteiger partial charge is 0.270 e. The Morgan fingerprint density at radius 2 is 1.72 bits per heavy atom. The monoisotopic (exact) mass is 423 g/mol. The van der Waals surface area contributed by atoms with Crippen LogP contribution in [-0.2, 0) is 14.8 Å². The summed E-state index contributed by atoms with van der Waals surface area (Å²) in [5.41, 5.74) is -0.364. The zero-order chi connectivity index (χ0) is 20.9. The van der Waals surface area contributed by atoms with Crippen LogP contribution in [0.25, 0.3) is 0 Å². The molecule has 9 heteroatoms. The molecule has 1 aromatic carbocycles. The number of morpholine rings is 1. The average molecular weight is 424 g/mol. The van der Waals surface area contributed by atoms with Crippen molar-refractivity contribution < 1.29 is 18.1 Å². The minimum atomic E-state index is -3.80. The highest BCUT2D eigenvalue weighted by Gasteiger charge is 2.47. The van der Waals surface area contributed by atoms with Crippen LogP contribution in [0.15, 0.2) is 23.1 Å². The first-order valence-electron chi connectivity index (χ1n) is 10.4. The predicted molar refractivity (Wildman–Crippen MR) is 110 cm³/mol. The van der Waals surface area contributed by atoms with Gasteiger partial charge in [0.2, 0.25) is 10.0 Å². The number of benzene rings is 1. The molecule has 1 saturated carbocycles. The molecule has 1 aromatic rings. The molecule has 29 heavy (non-hydrogen) atoms. The van der Waals surface area contributed by atoms with E-state index in [0.717, 1.165) is 38.5 Å². The number of nitro groups is 1. The summed E-state index contributed by atoms with van der Waals surface area (Å²) in [5.74, 6) is 0. The van der Waals surface area contributed by atoms with Crippen LogP contribution < -0.4 is 4.90 Å². The molecular weight excluding hydrogens is 394 g/mol. The van der Waals surface area contributed by atoms with Gasteiger partial charge in [-0.25, -0.2) is 8.42 Å². The summed E-state index contributed by atoms with van der Waals surface area (Å²) in [4.78, 5) is 12.9. The van der Waals surface area contributed by atoms with E-state index >= 15 is 0 Å². The number of ether oxygens (including phenoxy) is 1. The van der Waals surface area contributed by atoms with Gasteiger partial charge in [0.25, 0.3) is 5.69 Å². The third-order valence-corrected chi connectivity index (χ3v) is 8.16. The van der Waals surface area contributed by atoms with Crippen LogP contribution in [0.3, 0.4) is 0 Å². The fourth-order valence-electron chi connectivity index (χ4n) is 5.12. The van der Waals surface area contributed by atoms with Gasteiger partial charge >= 0.3 is 0 Å². The van der Waals surface area contributed by atoms with Gasteiger partial charge in [0.15, 0.2) is 0 Å². The van der Waals surface area contributed by atoms with Gasteiger partial charge in [-0.1, -0.05) is 12.8 Å². The zero-order valence-corrected chi connectivity index (χ0v) is 17.9. The van der Waals surface area contributed by atoms with E-state index in [1.54, 1.807) is 6.07 Å². The van der Waals surface area contributed by atoms with Crippen LogP contribution in [0.5, 0.6) is 0 Å². The van der Waals surface area contributed by atoms with Gasteiger partial charge in [-0.2, -0.15) is 4.31 Å². The topological polar surface area (TPSA) is 93.0 Å². The van der Waals surface area contributed by atoms with Crippen molar-refractivity contribution in [3.05, 3.63) is 28.3 Å². The molecule has 0 unspecified atom stereocenters. The SMILES string of the molecule is CC1(C)CN(c2ccc([N+](=O)[O-])cc2S(=O)(=O)N2CCCC2)CC2(CCCC2)O1. The molecule has 0 atom stereocenters. The summed E-state index contributed by atoms with van der Waals surface area (Å²) < 4.78 is 34.7. The van der Waals surface area contributed by atoms with Gasteiger partial charge in [0.05, 0.1) is 21.8 Å². The quantitative estimate of drug-likeness (QED) is 0.545. The number of anilines is 1. The molecule has 1 aliphatic carbocycles. The van der Waals surface area contributed by atoms with Gasteiger partial charge < -0.3 is 9.64 Å². The molecule has 3 fully saturated rings. The molecule has 2 heterocycles. The molecule has 8 nitrogen and oxygen atoms in total. The van der Waals surface area contributed by atoms with E-state index in [1.165, 1.54) is 16.4 Å². The third-order valence-electron chi connectivity index (χ3n) is 6.24. The number of sulfonamides is 1. The Bertz CT molecular complexity index is 903. The lowest BCUT2D eigenvalue weighted by molar-refractivity contribution is -0.385. The second kappa shape index (κ2) is 7.21. The standard InChI is InChI=1S/C20H29N3O5S/c1-19(2)14-21(15-20(28-19)9-3-4-10-20)17-8-7-16(23(24)25)13-18(17)29(26,27)22-11-5-6-12-22/h7-8,13H,3-6,9-12,14-15H2,1-2H3. The summed E-state index contributed by atoms with van der Waals surface area (Å²) in [7, 11) is -3.80. The maximum Gasteiger partial charge on any atom is 0.270 e. The van der Waals surface area contributed by atoms with Gasteiger partial charge in [0, 0.05) is 38.3 Å². The largest absolute Gasteiger partial charge is 0.365 e. The Balaban J connectivity index is 1.79. The highest BCUT2D eigenvalue weighted by Crippen LogP contribution is 2.43. The first kappa shape index (κ1) is 20.6. The van der Waals surface area contributed by atoms with Gasteiger partial charge in [0.1, 0.15) is 4.90 Å². The summed E-state index contributed by atoms with van der Waals surface area (Å²) in [6, 6.07) is 4.24.